The predicted molar refractivity (Wildman–Crippen MR) is 116 cm³/mol. The largest absolute Gasteiger partial charge is 0.443 e. The van der Waals surface area contributed by atoms with Crippen molar-refractivity contribution in [3.8, 4) is 0 Å². The molecular weight excluding hydrogens is 473 g/mol. The molecule has 2 atom stereocenters. The molecule has 35 heavy (non-hydrogen) atoms. The zero-order valence-corrected chi connectivity index (χ0v) is 19.1. The summed E-state index contributed by atoms with van der Waals surface area (Å²) in [6.07, 6.45) is 1.11. The first-order chi connectivity index (χ1) is 16.8. The highest BCUT2D eigenvalue weighted by Crippen LogP contribution is 2.38. The van der Waals surface area contributed by atoms with Gasteiger partial charge in [-0.3, -0.25) is 5.10 Å². The molecule has 1 aromatic heterocycles. The van der Waals surface area contributed by atoms with Crippen molar-refractivity contribution in [3.63, 3.8) is 0 Å². The fraction of sp³-hybridized carbons (Fsp3) is 0.583. The van der Waals surface area contributed by atoms with Gasteiger partial charge >= 0.3 is 6.09 Å². The van der Waals surface area contributed by atoms with E-state index >= 15 is 0 Å². The number of carbonyl (C=O) groups is 1. The van der Waals surface area contributed by atoms with Gasteiger partial charge in [-0.15, -0.1) is 0 Å². The van der Waals surface area contributed by atoms with Crippen molar-refractivity contribution in [2.45, 2.75) is 68.9 Å². The number of hydrogen-bond donors (Lipinski definition) is 1. The van der Waals surface area contributed by atoms with Gasteiger partial charge in [-0.05, 0) is 62.6 Å². The lowest BCUT2D eigenvalue weighted by Crippen LogP contribution is -2.51. The first kappa shape index (κ1) is 25.4. The van der Waals surface area contributed by atoms with Gasteiger partial charge < -0.3 is 14.4 Å². The average Bonchev–Trinajstić information content (AvgIpc) is 3.39. The first-order valence-electron chi connectivity index (χ1n) is 11.8. The molecule has 4 rings (SSSR count). The molecule has 1 aromatic carbocycles. The van der Waals surface area contributed by atoms with E-state index in [-0.39, 0.29) is 24.2 Å². The van der Waals surface area contributed by atoms with Crippen LogP contribution in [0.25, 0.3) is 0 Å². The number of halogens is 5. The Bertz CT molecular complexity index is 983. The summed E-state index contributed by atoms with van der Waals surface area (Å²) in [5, 5.41) is 6.90. The summed E-state index contributed by atoms with van der Waals surface area (Å²) in [7, 11) is 0. The number of H-pyrrole nitrogens is 1. The molecule has 2 aromatic rings. The number of benzene rings is 1. The summed E-state index contributed by atoms with van der Waals surface area (Å²) in [5.74, 6) is -3.55. The monoisotopic (exact) mass is 501 g/mol. The van der Waals surface area contributed by atoms with Crippen LogP contribution in [0.5, 0.6) is 0 Å². The van der Waals surface area contributed by atoms with Crippen LogP contribution in [0.4, 0.5) is 26.7 Å². The van der Waals surface area contributed by atoms with Gasteiger partial charge in [0.2, 0.25) is 0 Å². The van der Waals surface area contributed by atoms with E-state index in [1.54, 1.807) is 12.3 Å². The molecule has 2 aliphatic rings. The second-order valence-corrected chi connectivity index (χ2v) is 9.05. The summed E-state index contributed by atoms with van der Waals surface area (Å²) in [6, 6.07) is 3.07. The van der Waals surface area contributed by atoms with Gasteiger partial charge in [0.15, 0.2) is 18.2 Å². The Labute approximate surface area is 199 Å². The minimum atomic E-state index is -2.76. The number of aromatic amines is 1. The second-order valence-electron chi connectivity index (χ2n) is 9.05. The number of ether oxygens (including phenoxy) is 2. The highest BCUT2D eigenvalue weighted by atomic mass is 19.3. The molecule has 6 nitrogen and oxygen atoms in total. The Morgan fingerprint density at radius 2 is 1.83 bits per heavy atom. The molecule has 2 heterocycles. The molecule has 0 spiro atoms. The fourth-order valence-electron chi connectivity index (χ4n) is 5.21. The third-order valence-corrected chi connectivity index (χ3v) is 6.93. The zero-order valence-electron chi connectivity index (χ0n) is 19.1. The van der Waals surface area contributed by atoms with E-state index in [1.165, 1.54) is 4.90 Å². The molecule has 0 bridgehead atoms. The lowest BCUT2D eigenvalue weighted by Gasteiger charge is -2.41. The third kappa shape index (κ3) is 5.94. The number of nitrogens with zero attached hydrogens (tertiary/aromatic N) is 2. The molecule has 11 heteroatoms. The number of carbonyl (C=O) groups excluding carboxylic acids is 1. The van der Waals surface area contributed by atoms with Crippen LogP contribution in [0, 0.1) is 17.5 Å². The number of alkyl halides is 2. The molecule has 2 unspecified atom stereocenters. The van der Waals surface area contributed by atoms with Crippen molar-refractivity contribution in [2.24, 2.45) is 0 Å². The maximum Gasteiger partial charge on any atom is 0.410 e. The van der Waals surface area contributed by atoms with Crippen LogP contribution in [0.3, 0.4) is 0 Å². The van der Waals surface area contributed by atoms with Crippen LogP contribution in [-0.2, 0) is 9.47 Å². The van der Waals surface area contributed by atoms with E-state index in [2.05, 4.69) is 10.2 Å². The van der Waals surface area contributed by atoms with E-state index in [0.717, 1.165) is 24.2 Å². The van der Waals surface area contributed by atoms with Gasteiger partial charge in [-0.2, -0.15) is 5.10 Å². The van der Waals surface area contributed by atoms with E-state index in [0.29, 0.717) is 38.6 Å². The van der Waals surface area contributed by atoms with Gasteiger partial charge in [0.05, 0.1) is 18.8 Å². The van der Waals surface area contributed by atoms with Crippen LogP contribution in [0.15, 0.2) is 24.4 Å². The van der Waals surface area contributed by atoms with Crippen molar-refractivity contribution >= 4 is 6.09 Å². The Morgan fingerprint density at radius 1 is 1.09 bits per heavy atom. The van der Waals surface area contributed by atoms with E-state index in [4.69, 9.17) is 9.47 Å². The molecule has 1 amide bonds. The average molecular weight is 501 g/mol. The standard InChI is InChI=1S/C24H28F5N3O3/c25-17-7-8-18(26)23(29)22(17)14-3-5-15(6-4-14)34-12-20-16(19-9-10-30-31-19)2-1-11-32(20)24(33)35-13-21(27)28/h7-10,14-16,20-21H,1-6,11-13H2,(H,30,31). The van der Waals surface area contributed by atoms with Crippen LogP contribution < -0.4 is 0 Å². The van der Waals surface area contributed by atoms with E-state index < -0.39 is 48.5 Å². The summed E-state index contributed by atoms with van der Waals surface area (Å²) in [4.78, 5) is 14.0. The van der Waals surface area contributed by atoms with E-state index in [1.807, 2.05) is 0 Å². The van der Waals surface area contributed by atoms with Gasteiger partial charge in [-0.1, -0.05) is 0 Å². The molecule has 1 aliphatic carbocycles. The lowest BCUT2D eigenvalue weighted by atomic mass is 9.82. The lowest BCUT2D eigenvalue weighted by molar-refractivity contribution is -0.0324. The molecule has 1 saturated heterocycles. The number of aromatic nitrogens is 2. The SMILES string of the molecule is O=C(OCC(F)F)N1CCCC(c2ccn[nH]2)C1COC1CCC(c2c(F)ccc(F)c2F)CC1. The minimum Gasteiger partial charge on any atom is -0.443 e. The normalized spacial score (nSPS) is 25.1. The fourth-order valence-corrected chi connectivity index (χ4v) is 5.21. The Morgan fingerprint density at radius 3 is 2.51 bits per heavy atom. The summed E-state index contributed by atoms with van der Waals surface area (Å²) in [6.45, 7) is -0.480. The molecular formula is C24H28F5N3O3. The number of hydrogen-bond acceptors (Lipinski definition) is 4. The summed E-state index contributed by atoms with van der Waals surface area (Å²) >= 11 is 0. The van der Waals surface area contributed by atoms with Crippen LogP contribution in [0.2, 0.25) is 0 Å². The molecule has 1 saturated carbocycles. The highest BCUT2D eigenvalue weighted by molar-refractivity contribution is 5.68. The topological polar surface area (TPSA) is 67.5 Å². The van der Waals surface area contributed by atoms with Crippen molar-refractivity contribution in [2.75, 3.05) is 19.8 Å². The number of piperidine rings is 1. The predicted octanol–water partition coefficient (Wildman–Crippen LogP) is 5.52. The van der Waals surface area contributed by atoms with Gasteiger partial charge in [0.25, 0.3) is 6.43 Å². The van der Waals surface area contributed by atoms with Crippen LogP contribution in [0.1, 0.15) is 61.6 Å². The third-order valence-electron chi connectivity index (χ3n) is 6.93. The summed E-state index contributed by atoms with van der Waals surface area (Å²) < 4.78 is 78.0. The van der Waals surface area contributed by atoms with Gasteiger partial charge in [0, 0.05) is 29.9 Å². The van der Waals surface area contributed by atoms with Crippen molar-refractivity contribution < 1.29 is 36.2 Å². The quantitative estimate of drug-likeness (QED) is 0.401. The van der Waals surface area contributed by atoms with Gasteiger partial charge in [0.1, 0.15) is 5.82 Å². The molecule has 1 N–H and O–H groups in total. The zero-order chi connectivity index (χ0) is 24.9. The highest BCUT2D eigenvalue weighted by Gasteiger charge is 2.38. The van der Waals surface area contributed by atoms with Gasteiger partial charge in [-0.25, -0.2) is 26.7 Å². The van der Waals surface area contributed by atoms with E-state index in [9.17, 15) is 26.7 Å². The van der Waals surface area contributed by atoms with Crippen molar-refractivity contribution in [3.05, 3.63) is 53.1 Å². The van der Waals surface area contributed by atoms with Crippen LogP contribution in [-0.4, -0.2) is 59.5 Å². The summed E-state index contributed by atoms with van der Waals surface area (Å²) in [5.41, 5.74) is 0.591. The Balaban J connectivity index is 1.40. The molecule has 0 radical (unpaired) electrons. The number of amides is 1. The van der Waals surface area contributed by atoms with Crippen molar-refractivity contribution in [1.82, 2.24) is 15.1 Å². The van der Waals surface area contributed by atoms with Crippen LogP contribution >= 0.6 is 0 Å². The minimum absolute atomic E-state index is 0.142. The maximum atomic E-state index is 14.2. The smallest absolute Gasteiger partial charge is 0.410 e. The molecule has 2 fully saturated rings. The number of likely N-dealkylation sites (tertiary alicyclic amines) is 1. The van der Waals surface area contributed by atoms with Crippen molar-refractivity contribution in [1.29, 1.82) is 0 Å². The number of nitrogens with one attached hydrogen (secondary N) is 1. The second kappa shape index (κ2) is 11.4. The maximum absolute atomic E-state index is 14.2. The number of rotatable bonds is 7. The Kier molecular flexibility index (Phi) is 8.25. The molecule has 192 valence electrons. The first-order valence-corrected chi connectivity index (χ1v) is 11.8. The Hall–Kier alpha value is -2.69. The molecule has 1 aliphatic heterocycles.